The SMILES string of the molecule is CC(C)(N)c1cc2c(s1)CCS(=O)(=O)C2. The Labute approximate surface area is 94.2 Å². The van der Waals surface area contributed by atoms with Crippen molar-refractivity contribution >= 4 is 21.2 Å². The van der Waals surface area contributed by atoms with Crippen LogP contribution < -0.4 is 5.73 Å². The molecule has 84 valence electrons. The molecule has 15 heavy (non-hydrogen) atoms. The van der Waals surface area contributed by atoms with Crippen molar-refractivity contribution in [3.05, 3.63) is 21.4 Å². The van der Waals surface area contributed by atoms with E-state index in [4.69, 9.17) is 5.73 Å². The summed E-state index contributed by atoms with van der Waals surface area (Å²) in [4.78, 5) is 2.27. The average molecular weight is 245 g/mol. The van der Waals surface area contributed by atoms with E-state index in [0.29, 0.717) is 6.42 Å². The summed E-state index contributed by atoms with van der Waals surface area (Å²) in [6.07, 6.45) is 0.651. The monoisotopic (exact) mass is 245 g/mol. The van der Waals surface area contributed by atoms with Crippen molar-refractivity contribution in [2.75, 3.05) is 5.75 Å². The predicted octanol–water partition coefficient (Wildman–Crippen LogP) is 1.41. The summed E-state index contributed by atoms with van der Waals surface area (Å²) in [5, 5.41) is 0. The maximum atomic E-state index is 11.4. The fraction of sp³-hybridized carbons (Fsp3) is 0.600. The lowest BCUT2D eigenvalue weighted by molar-refractivity contribution is 0.566. The van der Waals surface area contributed by atoms with E-state index in [1.165, 1.54) is 4.88 Å². The summed E-state index contributed by atoms with van der Waals surface area (Å²) in [5.41, 5.74) is 6.59. The van der Waals surface area contributed by atoms with Crippen LogP contribution in [-0.2, 0) is 27.5 Å². The fourth-order valence-electron chi connectivity index (χ4n) is 1.68. The number of sulfone groups is 1. The molecule has 5 heteroatoms. The fourth-order valence-corrected chi connectivity index (χ4v) is 4.48. The van der Waals surface area contributed by atoms with Crippen LogP contribution in [0.25, 0.3) is 0 Å². The number of hydrogen-bond acceptors (Lipinski definition) is 4. The molecule has 2 N–H and O–H groups in total. The van der Waals surface area contributed by atoms with Gasteiger partial charge in [-0.25, -0.2) is 8.42 Å². The molecular formula is C10H15NO2S2. The average Bonchev–Trinajstić information content (AvgIpc) is 2.43. The lowest BCUT2D eigenvalue weighted by Gasteiger charge is -2.15. The van der Waals surface area contributed by atoms with E-state index in [9.17, 15) is 8.42 Å². The van der Waals surface area contributed by atoms with E-state index >= 15 is 0 Å². The van der Waals surface area contributed by atoms with Crippen LogP contribution in [0.3, 0.4) is 0 Å². The first kappa shape index (κ1) is 11.1. The van der Waals surface area contributed by atoms with Crippen molar-refractivity contribution < 1.29 is 8.42 Å². The number of hydrogen-bond donors (Lipinski definition) is 1. The third-order valence-corrected chi connectivity index (χ3v) is 5.70. The van der Waals surface area contributed by atoms with Crippen LogP contribution in [0, 0.1) is 0 Å². The van der Waals surface area contributed by atoms with E-state index in [1.807, 2.05) is 19.9 Å². The zero-order valence-electron chi connectivity index (χ0n) is 8.91. The van der Waals surface area contributed by atoms with Gasteiger partial charge in [-0.05, 0) is 31.9 Å². The lowest BCUT2D eigenvalue weighted by Crippen LogP contribution is -2.27. The Bertz CT molecular complexity index is 480. The highest BCUT2D eigenvalue weighted by Gasteiger charge is 2.26. The van der Waals surface area contributed by atoms with Gasteiger partial charge >= 0.3 is 0 Å². The second kappa shape index (κ2) is 3.30. The van der Waals surface area contributed by atoms with Gasteiger partial charge in [0.15, 0.2) is 9.84 Å². The summed E-state index contributed by atoms with van der Waals surface area (Å²) < 4.78 is 22.9. The molecule has 1 aromatic heterocycles. The number of nitrogens with two attached hydrogens (primary N) is 1. The lowest BCUT2D eigenvalue weighted by atomic mass is 10.0. The van der Waals surface area contributed by atoms with Crippen LogP contribution in [0.1, 0.15) is 29.2 Å². The van der Waals surface area contributed by atoms with Gasteiger partial charge in [-0.15, -0.1) is 11.3 Å². The zero-order valence-corrected chi connectivity index (χ0v) is 10.5. The van der Waals surface area contributed by atoms with Gasteiger partial charge in [0.05, 0.1) is 11.5 Å². The van der Waals surface area contributed by atoms with E-state index in [0.717, 1.165) is 10.4 Å². The van der Waals surface area contributed by atoms with E-state index in [-0.39, 0.29) is 17.0 Å². The van der Waals surface area contributed by atoms with Crippen molar-refractivity contribution in [3.8, 4) is 0 Å². The molecule has 0 amide bonds. The third-order valence-electron chi connectivity index (χ3n) is 2.55. The normalized spacial score (nSPS) is 19.9. The largest absolute Gasteiger partial charge is 0.321 e. The highest BCUT2D eigenvalue weighted by atomic mass is 32.2. The Morgan fingerprint density at radius 1 is 1.47 bits per heavy atom. The molecule has 1 aliphatic rings. The Kier molecular flexibility index (Phi) is 2.44. The minimum atomic E-state index is -2.86. The molecule has 2 heterocycles. The number of rotatable bonds is 1. The Hall–Kier alpha value is -0.390. The van der Waals surface area contributed by atoms with E-state index < -0.39 is 9.84 Å². The quantitative estimate of drug-likeness (QED) is 0.814. The smallest absolute Gasteiger partial charge is 0.154 e. The maximum Gasteiger partial charge on any atom is 0.154 e. The second-order valence-corrected chi connectivity index (χ2v) is 7.94. The molecular weight excluding hydrogens is 230 g/mol. The molecule has 0 saturated heterocycles. The van der Waals surface area contributed by atoms with E-state index in [1.54, 1.807) is 11.3 Å². The molecule has 1 aliphatic heterocycles. The van der Waals surface area contributed by atoms with Crippen molar-refractivity contribution in [1.29, 1.82) is 0 Å². The summed E-state index contributed by atoms with van der Waals surface area (Å²) in [5.74, 6) is 0.472. The first-order chi connectivity index (χ1) is 6.78. The Morgan fingerprint density at radius 3 is 2.73 bits per heavy atom. The topological polar surface area (TPSA) is 60.2 Å². The van der Waals surface area contributed by atoms with Crippen LogP contribution in [0.2, 0.25) is 0 Å². The van der Waals surface area contributed by atoms with Gasteiger partial charge in [0, 0.05) is 15.3 Å². The summed E-state index contributed by atoms with van der Waals surface area (Å²) in [7, 11) is -2.86. The molecule has 0 saturated carbocycles. The molecule has 0 unspecified atom stereocenters. The molecule has 2 rings (SSSR count). The third kappa shape index (κ3) is 2.24. The van der Waals surface area contributed by atoms with Crippen LogP contribution in [0.15, 0.2) is 6.07 Å². The zero-order chi connectivity index (χ0) is 11.3. The van der Waals surface area contributed by atoms with Crippen molar-refractivity contribution in [1.82, 2.24) is 0 Å². The van der Waals surface area contributed by atoms with Crippen LogP contribution in [0.5, 0.6) is 0 Å². The summed E-state index contributed by atoms with van der Waals surface area (Å²) >= 11 is 1.65. The van der Waals surface area contributed by atoms with Crippen molar-refractivity contribution in [3.63, 3.8) is 0 Å². The molecule has 3 nitrogen and oxygen atoms in total. The maximum absolute atomic E-state index is 11.4. The molecule has 1 aromatic rings. The minimum absolute atomic E-state index is 0.189. The van der Waals surface area contributed by atoms with Gasteiger partial charge in [-0.2, -0.15) is 0 Å². The molecule has 0 fully saturated rings. The number of thiophene rings is 1. The minimum Gasteiger partial charge on any atom is -0.321 e. The molecule has 0 bridgehead atoms. The summed E-state index contributed by atoms with van der Waals surface area (Å²) in [6.45, 7) is 3.89. The molecule has 0 atom stereocenters. The standard InChI is InChI=1S/C10H15NO2S2/c1-10(2,11)9-5-7-6-15(12,13)4-3-8(7)14-9/h5H,3-4,6,11H2,1-2H3. The van der Waals surface area contributed by atoms with Gasteiger partial charge in [0.1, 0.15) is 0 Å². The first-order valence-electron chi connectivity index (χ1n) is 4.89. The molecule has 0 aliphatic carbocycles. The Morgan fingerprint density at radius 2 is 2.13 bits per heavy atom. The van der Waals surface area contributed by atoms with Crippen LogP contribution in [0.4, 0.5) is 0 Å². The van der Waals surface area contributed by atoms with Gasteiger partial charge in [-0.3, -0.25) is 0 Å². The Balaban J connectivity index is 2.42. The van der Waals surface area contributed by atoms with Crippen molar-refractivity contribution in [2.45, 2.75) is 31.6 Å². The van der Waals surface area contributed by atoms with Gasteiger partial charge in [0.25, 0.3) is 0 Å². The van der Waals surface area contributed by atoms with Crippen molar-refractivity contribution in [2.24, 2.45) is 5.73 Å². The van der Waals surface area contributed by atoms with Crippen LogP contribution in [-0.4, -0.2) is 14.2 Å². The number of fused-ring (bicyclic) bond motifs is 1. The molecule has 0 aromatic carbocycles. The van der Waals surface area contributed by atoms with Crippen LogP contribution >= 0.6 is 11.3 Å². The van der Waals surface area contributed by atoms with E-state index in [2.05, 4.69) is 0 Å². The van der Waals surface area contributed by atoms with Gasteiger partial charge < -0.3 is 5.73 Å². The second-order valence-electron chi connectivity index (χ2n) is 4.62. The first-order valence-corrected chi connectivity index (χ1v) is 7.53. The van der Waals surface area contributed by atoms with Gasteiger partial charge in [0.2, 0.25) is 0 Å². The van der Waals surface area contributed by atoms with Gasteiger partial charge in [-0.1, -0.05) is 0 Å². The molecule has 0 spiro atoms. The number of aryl methyl sites for hydroxylation is 1. The summed E-state index contributed by atoms with van der Waals surface area (Å²) in [6, 6.07) is 1.96. The molecule has 0 radical (unpaired) electrons. The highest BCUT2D eigenvalue weighted by molar-refractivity contribution is 7.90. The predicted molar refractivity (Wildman–Crippen MR) is 62.7 cm³/mol. The highest BCUT2D eigenvalue weighted by Crippen LogP contribution is 2.33.